The van der Waals surface area contributed by atoms with Gasteiger partial charge in [0.05, 0.1) is 26.4 Å². The molecule has 17 heteroatoms. The van der Waals surface area contributed by atoms with Gasteiger partial charge in [0.15, 0.2) is 19.7 Å². The van der Waals surface area contributed by atoms with Crippen molar-refractivity contribution in [1.82, 2.24) is 16.0 Å². The molecular formula is C20H33N3O14. The molecule has 0 heterocycles. The fourth-order valence-corrected chi connectivity index (χ4v) is 2.07. The summed E-state index contributed by atoms with van der Waals surface area (Å²) in [6, 6.07) is 0. The van der Waals surface area contributed by atoms with Gasteiger partial charge in [0.25, 0.3) is 0 Å². The number of alkyl carbamates (subject to hydrolysis) is 3. The minimum atomic E-state index is -1.19. The zero-order valence-electron chi connectivity index (χ0n) is 20.9. The highest BCUT2D eigenvalue weighted by Gasteiger charge is 2.20. The summed E-state index contributed by atoms with van der Waals surface area (Å²) in [4.78, 5) is 69.5. The monoisotopic (exact) mass is 539 g/mol. The van der Waals surface area contributed by atoms with Gasteiger partial charge in [-0.05, 0) is 0 Å². The van der Waals surface area contributed by atoms with E-state index < -0.39 is 55.5 Å². The fourth-order valence-electron chi connectivity index (χ4n) is 2.07. The summed E-state index contributed by atoms with van der Waals surface area (Å²) in [6.45, 7) is -1.74. The third-order valence-corrected chi connectivity index (χ3v) is 3.76. The Labute approximate surface area is 212 Å². The predicted octanol–water partition coefficient (Wildman–Crippen LogP) is -0.829. The Bertz CT molecular complexity index is 691. The van der Waals surface area contributed by atoms with Gasteiger partial charge in [-0.3, -0.25) is 14.4 Å². The number of carbonyl (C=O) groups excluding carboxylic acids is 6. The number of rotatable bonds is 18. The third-order valence-electron chi connectivity index (χ3n) is 3.76. The van der Waals surface area contributed by atoms with Crippen molar-refractivity contribution in [2.45, 2.75) is 25.4 Å². The number of hydrogen-bond donors (Lipinski definition) is 3. The minimum Gasteiger partial charge on any atom is -0.462 e. The SMILES string of the molecule is COCOC(=O)CCNC(=O)OCC(COC(=O)CCNC(=O)OCOC)OC(=O)CCNC(=O)OC. The highest BCUT2D eigenvalue weighted by atomic mass is 16.7. The van der Waals surface area contributed by atoms with Crippen LogP contribution in [0.4, 0.5) is 14.4 Å². The van der Waals surface area contributed by atoms with Crippen LogP contribution in [0.25, 0.3) is 0 Å². The molecule has 0 saturated carbocycles. The van der Waals surface area contributed by atoms with Crippen molar-refractivity contribution < 1.29 is 66.7 Å². The van der Waals surface area contributed by atoms with Crippen molar-refractivity contribution in [1.29, 1.82) is 0 Å². The molecule has 0 aromatic carbocycles. The Balaban J connectivity index is 4.58. The number of esters is 3. The molecule has 0 aromatic heterocycles. The van der Waals surface area contributed by atoms with Crippen LogP contribution >= 0.6 is 0 Å². The van der Waals surface area contributed by atoms with Gasteiger partial charge in [-0.1, -0.05) is 0 Å². The van der Waals surface area contributed by atoms with Gasteiger partial charge in [-0.15, -0.1) is 0 Å². The van der Waals surface area contributed by atoms with Crippen molar-refractivity contribution in [2.24, 2.45) is 0 Å². The molecule has 17 nitrogen and oxygen atoms in total. The molecule has 0 aliphatic carbocycles. The molecule has 0 aromatic rings. The van der Waals surface area contributed by atoms with E-state index in [4.69, 9.17) is 14.2 Å². The Hall–Kier alpha value is -3.86. The maximum absolute atomic E-state index is 12.0. The molecule has 0 spiro atoms. The molecule has 0 radical (unpaired) electrons. The molecule has 0 bridgehead atoms. The lowest BCUT2D eigenvalue weighted by Crippen LogP contribution is -2.35. The van der Waals surface area contributed by atoms with Crippen molar-refractivity contribution >= 4 is 36.2 Å². The van der Waals surface area contributed by atoms with Crippen LogP contribution in [-0.2, 0) is 52.3 Å². The van der Waals surface area contributed by atoms with Gasteiger partial charge in [0.2, 0.25) is 0 Å². The van der Waals surface area contributed by atoms with Crippen molar-refractivity contribution in [2.75, 3.05) is 67.8 Å². The van der Waals surface area contributed by atoms with E-state index in [0.717, 1.165) is 7.11 Å². The Morgan fingerprint density at radius 1 is 0.568 bits per heavy atom. The van der Waals surface area contributed by atoms with E-state index in [1.165, 1.54) is 14.2 Å². The van der Waals surface area contributed by atoms with Crippen LogP contribution in [0, 0.1) is 0 Å². The second-order valence-corrected chi connectivity index (χ2v) is 6.68. The highest BCUT2D eigenvalue weighted by Crippen LogP contribution is 2.01. The second kappa shape index (κ2) is 21.4. The van der Waals surface area contributed by atoms with Gasteiger partial charge in [0, 0.05) is 33.9 Å². The standard InChI is InChI=1S/C20H33N3O14/c1-30-12-35-16(25)5-8-22-19(28)34-11-14(37-17(26)6-9-21-18(27)32-3)10-33-15(24)4-7-23-20(29)36-13-31-2/h14H,4-13H2,1-3H3,(H,21,27)(H,22,28)(H,23,29). The molecule has 0 rings (SSSR count). The van der Waals surface area contributed by atoms with E-state index >= 15 is 0 Å². The first-order chi connectivity index (χ1) is 17.7. The van der Waals surface area contributed by atoms with E-state index in [1.807, 2.05) is 0 Å². The molecular weight excluding hydrogens is 506 g/mol. The second-order valence-electron chi connectivity index (χ2n) is 6.68. The van der Waals surface area contributed by atoms with Crippen LogP contribution < -0.4 is 16.0 Å². The van der Waals surface area contributed by atoms with Crippen LogP contribution in [0.2, 0.25) is 0 Å². The van der Waals surface area contributed by atoms with Crippen LogP contribution in [0.15, 0.2) is 0 Å². The number of hydrogen-bond acceptors (Lipinski definition) is 14. The van der Waals surface area contributed by atoms with Gasteiger partial charge < -0.3 is 53.8 Å². The average Bonchev–Trinajstić information content (AvgIpc) is 2.87. The molecule has 0 aliphatic rings. The molecule has 0 aliphatic heterocycles. The molecule has 0 fully saturated rings. The zero-order chi connectivity index (χ0) is 27.9. The first-order valence-electron chi connectivity index (χ1n) is 10.8. The van der Waals surface area contributed by atoms with Crippen LogP contribution in [-0.4, -0.2) is 110 Å². The number of ether oxygens (including phenoxy) is 8. The largest absolute Gasteiger partial charge is 0.462 e. The summed E-state index contributed by atoms with van der Waals surface area (Å²) < 4.78 is 37.8. The van der Waals surface area contributed by atoms with Crippen molar-refractivity contribution in [3.63, 3.8) is 0 Å². The topological polar surface area (TPSA) is 212 Å². The molecule has 1 atom stereocenters. The molecule has 3 N–H and O–H groups in total. The van der Waals surface area contributed by atoms with Crippen LogP contribution in [0.1, 0.15) is 19.3 Å². The first-order valence-corrected chi connectivity index (χ1v) is 10.8. The lowest BCUT2D eigenvalue weighted by atomic mass is 10.3. The van der Waals surface area contributed by atoms with E-state index in [9.17, 15) is 28.8 Å². The Kier molecular flexibility index (Phi) is 19.2. The third kappa shape index (κ3) is 20.1. The number of nitrogens with one attached hydrogen (secondary N) is 3. The summed E-state index contributed by atoms with van der Waals surface area (Å²) in [5, 5.41) is 6.88. The zero-order valence-corrected chi connectivity index (χ0v) is 20.9. The number of methoxy groups -OCH3 is 3. The molecule has 1 unspecified atom stereocenters. The Morgan fingerprint density at radius 3 is 1.59 bits per heavy atom. The molecule has 0 saturated heterocycles. The molecule has 3 amide bonds. The van der Waals surface area contributed by atoms with Crippen molar-refractivity contribution in [3.05, 3.63) is 0 Å². The lowest BCUT2D eigenvalue weighted by Gasteiger charge is -2.18. The maximum Gasteiger partial charge on any atom is 0.409 e. The quantitative estimate of drug-likeness (QED) is 0.110. The summed E-state index contributed by atoms with van der Waals surface area (Å²) in [5.74, 6) is -2.15. The van der Waals surface area contributed by atoms with Gasteiger partial charge in [0.1, 0.15) is 13.2 Å². The first kappa shape index (κ1) is 33.1. The van der Waals surface area contributed by atoms with Crippen LogP contribution in [0.3, 0.4) is 0 Å². The van der Waals surface area contributed by atoms with E-state index in [1.54, 1.807) is 0 Å². The number of carbonyl (C=O) groups is 6. The van der Waals surface area contributed by atoms with Gasteiger partial charge in [-0.25, -0.2) is 14.4 Å². The Morgan fingerprint density at radius 2 is 1.03 bits per heavy atom. The average molecular weight is 539 g/mol. The maximum atomic E-state index is 12.0. The summed E-state index contributed by atoms with van der Waals surface area (Å²) in [7, 11) is 3.83. The minimum absolute atomic E-state index is 0.0939. The summed E-state index contributed by atoms with van der Waals surface area (Å²) in [5.41, 5.74) is 0. The summed E-state index contributed by atoms with van der Waals surface area (Å²) >= 11 is 0. The van der Waals surface area contributed by atoms with Crippen LogP contribution in [0.5, 0.6) is 0 Å². The predicted molar refractivity (Wildman–Crippen MR) is 119 cm³/mol. The normalized spacial score (nSPS) is 10.8. The molecule has 37 heavy (non-hydrogen) atoms. The van der Waals surface area contributed by atoms with Gasteiger partial charge in [-0.2, -0.15) is 0 Å². The fraction of sp³-hybridized carbons (Fsp3) is 0.700. The van der Waals surface area contributed by atoms with Gasteiger partial charge >= 0.3 is 36.2 Å². The van der Waals surface area contributed by atoms with Crippen molar-refractivity contribution in [3.8, 4) is 0 Å². The van der Waals surface area contributed by atoms with E-state index in [2.05, 4.69) is 39.6 Å². The highest BCUT2D eigenvalue weighted by molar-refractivity contribution is 5.73. The lowest BCUT2D eigenvalue weighted by molar-refractivity contribution is -0.161. The molecule has 212 valence electrons. The van der Waals surface area contributed by atoms with E-state index in [0.29, 0.717) is 0 Å². The number of amides is 3. The smallest absolute Gasteiger partial charge is 0.409 e. The van der Waals surface area contributed by atoms with E-state index in [-0.39, 0.29) is 52.5 Å². The summed E-state index contributed by atoms with van der Waals surface area (Å²) in [6.07, 6.45) is -4.29.